The van der Waals surface area contributed by atoms with E-state index in [2.05, 4.69) is 158 Å². The van der Waals surface area contributed by atoms with Gasteiger partial charge < -0.3 is 9.32 Å². The lowest BCUT2D eigenvalue weighted by molar-refractivity contribution is 0.623. The summed E-state index contributed by atoms with van der Waals surface area (Å²) in [6.45, 7) is 4.68. The third-order valence-electron chi connectivity index (χ3n) is 11.3. The van der Waals surface area contributed by atoms with Crippen molar-refractivity contribution in [1.29, 1.82) is 0 Å². The molecule has 1 aliphatic carbocycles. The van der Waals surface area contributed by atoms with Crippen molar-refractivity contribution in [2.75, 3.05) is 4.90 Å². The van der Waals surface area contributed by atoms with Crippen molar-refractivity contribution in [2.45, 2.75) is 19.3 Å². The van der Waals surface area contributed by atoms with Gasteiger partial charge in [0.05, 0.1) is 0 Å². The van der Waals surface area contributed by atoms with Crippen molar-refractivity contribution in [3.8, 4) is 33.7 Å². The van der Waals surface area contributed by atoms with Gasteiger partial charge in [-0.3, -0.25) is 0 Å². The van der Waals surface area contributed by atoms with Crippen molar-refractivity contribution < 1.29 is 4.42 Å². The first-order chi connectivity index (χ1) is 26.5. The van der Waals surface area contributed by atoms with Gasteiger partial charge in [-0.05, 0) is 99.4 Å². The number of fused-ring (bicyclic) bond motifs is 9. The average molecular weight is 711 g/mol. The Balaban J connectivity index is 1.07. The van der Waals surface area contributed by atoms with Gasteiger partial charge in [0.1, 0.15) is 5.52 Å². The van der Waals surface area contributed by atoms with Crippen LogP contribution in [0.25, 0.3) is 75.8 Å². The zero-order valence-electron chi connectivity index (χ0n) is 29.9. The van der Waals surface area contributed by atoms with Crippen LogP contribution < -0.4 is 4.90 Å². The first-order valence-corrected chi connectivity index (χ1v) is 19.3. The van der Waals surface area contributed by atoms with Gasteiger partial charge in [-0.1, -0.05) is 123 Å². The van der Waals surface area contributed by atoms with Crippen molar-refractivity contribution >= 4 is 70.4 Å². The van der Waals surface area contributed by atoms with Crippen LogP contribution in [0.4, 0.5) is 17.1 Å². The van der Waals surface area contributed by atoms with Crippen LogP contribution in [0.1, 0.15) is 25.0 Å². The van der Waals surface area contributed by atoms with E-state index in [4.69, 9.17) is 9.40 Å². The summed E-state index contributed by atoms with van der Waals surface area (Å²) in [6, 6.07) is 61.3. The van der Waals surface area contributed by atoms with Crippen molar-refractivity contribution in [2.24, 2.45) is 0 Å². The van der Waals surface area contributed by atoms with E-state index in [9.17, 15) is 0 Å². The van der Waals surface area contributed by atoms with Crippen LogP contribution in [-0.2, 0) is 5.41 Å². The molecule has 0 N–H and O–H groups in total. The minimum atomic E-state index is -0.0534. The van der Waals surface area contributed by atoms with Gasteiger partial charge in [0.25, 0.3) is 0 Å². The topological polar surface area (TPSA) is 29.3 Å². The highest BCUT2D eigenvalue weighted by atomic mass is 32.1. The standard InChI is InChI=1S/C50H34N2OS/c1-50(2)42-17-8-6-14-38(42)41-29-35(25-27-43(41)50)52(36-24-26-40-39-15-7-9-18-45(39)54-46(40)30-36)34-22-19-31(20-23-34)37-16-10-13-32-21-28-44-48(47(32)37)53-49(51-44)33-11-4-3-5-12-33/h3-30H,1-2H3. The van der Waals surface area contributed by atoms with Crippen LogP contribution in [0, 0.1) is 0 Å². The van der Waals surface area contributed by atoms with E-state index in [1.54, 1.807) is 0 Å². The number of nitrogens with zero attached hydrogens (tertiary/aromatic N) is 2. The molecule has 0 saturated carbocycles. The SMILES string of the molecule is CC1(C)c2ccccc2-c2cc(N(c3ccc(-c4cccc5ccc6nc(-c7ccccc7)oc6c45)cc3)c3ccc4c(c3)sc3ccccc34)ccc21. The third-order valence-corrected chi connectivity index (χ3v) is 12.4. The second-order valence-electron chi connectivity index (χ2n) is 14.8. The van der Waals surface area contributed by atoms with Gasteiger partial charge in [0.15, 0.2) is 5.58 Å². The molecule has 0 fully saturated rings. The van der Waals surface area contributed by atoms with Crippen LogP contribution in [0.15, 0.2) is 174 Å². The van der Waals surface area contributed by atoms with Crippen LogP contribution in [0.3, 0.4) is 0 Å². The van der Waals surface area contributed by atoms with Crippen LogP contribution in [0.5, 0.6) is 0 Å². The van der Waals surface area contributed by atoms with E-state index in [1.807, 2.05) is 41.7 Å². The summed E-state index contributed by atoms with van der Waals surface area (Å²) < 4.78 is 9.11. The van der Waals surface area contributed by atoms with Gasteiger partial charge in [0.2, 0.25) is 5.89 Å². The molecule has 0 saturated heterocycles. The maximum atomic E-state index is 6.52. The summed E-state index contributed by atoms with van der Waals surface area (Å²) in [5, 5.41) is 4.80. The Labute approximate surface area is 317 Å². The van der Waals surface area contributed by atoms with Gasteiger partial charge in [-0.25, -0.2) is 4.98 Å². The molecule has 256 valence electrons. The summed E-state index contributed by atoms with van der Waals surface area (Å²) in [7, 11) is 0. The second kappa shape index (κ2) is 11.8. The normalized spacial score (nSPS) is 13.1. The number of rotatable bonds is 5. The summed E-state index contributed by atoms with van der Waals surface area (Å²) in [5.41, 5.74) is 13.6. The highest BCUT2D eigenvalue weighted by Crippen LogP contribution is 2.51. The monoisotopic (exact) mass is 710 g/mol. The molecular formula is C50H34N2OS. The summed E-state index contributed by atoms with van der Waals surface area (Å²) in [5.74, 6) is 0.634. The first kappa shape index (κ1) is 31.1. The molecule has 0 aliphatic heterocycles. The first-order valence-electron chi connectivity index (χ1n) is 18.5. The number of oxazole rings is 1. The summed E-state index contributed by atoms with van der Waals surface area (Å²) in [4.78, 5) is 7.29. The fourth-order valence-electron chi connectivity index (χ4n) is 8.64. The Kier molecular flexibility index (Phi) is 6.77. The Morgan fingerprint density at radius 1 is 0.519 bits per heavy atom. The molecule has 2 heterocycles. The van der Waals surface area contributed by atoms with E-state index >= 15 is 0 Å². The summed E-state index contributed by atoms with van der Waals surface area (Å²) in [6.07, 6.45) is 0. The molecule has 0 radical (unpaired) electrons. The smallest absolute Gasteiger partial charge is 0.227 e. The molecule has 0 bridgehead atoms. The van der Waals surface area contributed by atoms with E-state index in [1.165, 1.54) is 42.4 Å². The minimum Gasteiger partial charge on any atom is -0.435 e. The van der Waals surface area contributed by atoms with E-state index in [0.717, 1.165) is 55.6 Å². The quantitative estimate of drug-likeness (QED) is 0.178. The number of aromatic nitrogens is 1. The predicted octanol–water partition coefficient (Wildman–Crippen LogP) is 14.5. The Bertz CT molecular complexity index is 3080. The van der Waals surface area contributed by atoms with E-state index in [0.29, 0.717) is 5.89 Å². The lowest BCUT2D eigenvalue weighted by Gasteiger charge is -2.27. The molecule has 0 unspecified atom stereocenters. The van der Waals surface area contributed by atoms with Gasteiger partial charge in [0, 0.05) is 53.6 Å². The average Bonchev–Trinajstić information content (AvgIpc) is 3.89. The minimum absolute atomic E-state index is 0.0534. The third kappa shape index (κ3) is 4.70. The Hall–Kier alpha value is -6.49. The maximum Gasteiger partial charge on any atom is 0.227 e. The number of hydrogen-bond donors (Lipinski definition) is 0. The van der Waals surface area contributed by atoms with Gasteiger partial charge in [-0.2, -0.15) is 0 Å². The van der Waals surface area contributed by atoms with Crippen LogP contribution in [0.2, 0.25) is 0 Å². The molecule has 10 aromatic rings. The molecule has 0 spiro atoms. The van der Waals surface area contributed by atoms with Crippen LogP contribution in [-0.4, -0.2) is 4.98 Å². The Morgan fingerprint density at radius 3 is 2.11 bits per heavy atom. The molecule has 54 heavy (non-hydrogen) atoms. The van der Waals surface area contributed by atoms with Gasteiger partial charge >= 0.3 is 0 Å². The summed E-state index contributed by atoms with van der Waals surface area (Å²) >= 11 is 1.86. The molecule has 1 aliphatic rings. The van der Waals surface area contributed by atoms with Crippen molar-refractivity contribution in [3.63, 3.8) is 0 Å². The highest BCUT2D eigenvalue weighted by Gasteiger charge is 2.35. The highest BCUT2D eigenvalue weighted by molar-refractivity contribution is 7.25. The fourth-order valence-corrected chi connectivity index (χ4v) is 9.78. The number of benzene rings is 8. The predicted molar refractivity (Wildman–Crippen MR) is 228 cm³/mol. The molecular weight excluding hydrogens is 677 g/mol. The molecule has 4 heteroatoms. The Morgan fingerprint density at radius 2 is 1.22 bits per heavy atom. The molecule has 2 aromatic heterocycles. The zero-order valence-corrected chi connectivity index (χ0v) is 30.7. The van der Waals surface area contributed by atoms with E-state index < -0.39 is 0 Å². The number of anilines is 3. The lowest BCUT2D eigenvalue weighted by Crippen LogP contribution is -2.15. The molecule has 11 rings (SSSR count). The largest absolute Gasteiger partial charge is 0.435 e. The molecule has 8 aromatic carbocycles. The molecule has 0 atom stereocenters. The lowest BCUT2D eigenvalue weighted by atomic mass is 9.82. The maximum absolute atomic E-state index is 6.52. The zero-order chi connectivity index (χ0) is 36.0. The van der Waals surface area contributed by atoms with Crippen molar-refractivity contribution in [3.05, 3.63) is 181 Å². The molecule has 3 nitrogen and oxygen atoms in total. The number of thiophene rings is 1. The second-order valence-corrected chi connectivity index (χ2v) is 15.8. The fraction of sp³-hybridized carbons (Fsp3) is 0.0600. The molecule has 0 amide bonds. The van der Waals surface area contributed by atoms with Gasteiger partial charge in [-0.15, -0.1) is 11.3 Å². The van der Waals surface area contributed by atoms with E-state index in [-0.39, 0.29) is 5.41 Å². The van der Waals surface area contributed by atoms with Crippen LogP contribution >= 0.6 is 11.3 Å². The van der Waals surface area contributed by atoms with Crippen molar-refractivity contribution in [1.82, 2.24) is 4.98 Å². The number of hydrogen-bond acceptors (Lipinski definition) is 4.